The van der Waals surface area contributed by atoms with Crippen molar-refractivity contribution < 1.29 is 9.90 Å². The molecule has 1 fully saturated rings. The van der Waals surface area contributed by atoms with Crippen molar-refractivity contribution >= 4 is 5.91 Å². The van der Waals surface area contributed by atoms with Gasteiger partial charge in [-0.3, -0.25) is 4.79 Å². The molecule has 2 N–H and O–H groups in total. The smallest absolute Gasteiger partial charge is 0.223 e. The number of aliphatic hydroxyl groups is 1. The molecule has 3 unspecified atom stereocenters. The van der Waals surface area contributed by atoms with E-state index < -0.39 is 0 Å². The highest BCUT2D eigenvalue weighted by Gasteiger charge is 2.39. The number of aliphatic hydroxyl groups excluding tert-OH is 1. The minimum absolute atomic E-state index is 0.0258. The molecule has 3 nitrogen and oxygen atoms in total. The summed E-state index contributed by atoms with van der Waals surface area (Å²) >= 11 is 0. The van der Waals surface area contributed by atoms with Crippen LogP contribution in [0.15, 0.2) is 0 Å². The van der Waals surface area contributed by atoms with Crippen molar-refractivity contribution in [1.29, 1.82) is 0 Å². The normalized spacial score (nSPS) is 27.3. The SMILES string of the molecule is CC(O)CC(C)(C)CNC(=O)C1CC1C. The van der Waals surface area contributed by atoms with Gasteiger partial charge >= 0.3 is 0 Å². The Morgan fingerprint density at radius 1 is 1.60 bits per heavy atom. The summed E-state index contributed by atoms with van der Waals surface area (Å²) in [5.41, 5.74) is -0.0258. The molecular formula is C12H23NO2. The molecule has 0 aromatic heterocycles. The monoisotopic (exact) mass is 213 g/mol. The molecule has 0 heterocycles. The Labute approximate surface area is 92.3 Å². The zero-order chi connectivity index (χ0) is 11.6. The van der Waals surface area contributed by atoms with Crippen molar-refractivity contribution in [2.24, 2.45) is 17.3 Å². The van der Waals surface area contributed by atoms with Gasteiger partial charge in [-0.1, -0.05) is 20.8 Å². The molecule has 0 spiro atoms. The van der Waals surface area contributed by atoms with Crippen molar-refractivity contribution in [3.8, 4) is 0 Å². The van der Waals surface area contributed by atoms with Crippen LogP contribution in [0.2, 0.25) is 0 Å². The van der Waals surface area contributed by atoms with Crippen molar-refractivity contribution in [3.05, 3.63) is 0 Å². The fourth-order valence-corrected chi connectivity index (χ4v) is 2.02. The number of amides is 1. The van der Waals surface area contributed by atoms with Gasteiger partial charge in [0, 0.05) is 12.5 Å². The molecule has 0 saturated heterocycles. The molecule has 1 saturated carbocycles. The van der Waals surface area contributed by atoms with E-state index in [9.17, 15) is 9.90 Å². The topological polar surface area (TPSA) is 49.3 Å². The molecule has 0 aromatic rings. The van der Waals surface area contributed by atoms with Gasteiger partial charge < -0.3 is 10.4 Å². The second-order valence-corrected chi connectivity index (χ2v) is 5.75. The molecule has 1 rings (SSSR count). The van der Waals surface area contributed by atoms with E-state index in [4.69, 9.17) is 0 Å². The zero-order valence-electron chi connectivity index (χ0n) is 10.2. The van der Waals surface area contributed by atoms with Crippen LogP contribution >= 0.6 is 0 Å². The molecule has 0 aliphatic heterocycles. The maximum absolute atomic E-state index is 11.6. The minimum Gasteiger partial charge on any atom is -0.393 e. The third-order valence-electron chi connectivity index (χ3n) is 3.04. The Bertz CT molecular complexity index is 236. The largest absolute Gasteiger partial charge is 0.393 e. The van der Waals surface area contributed by atoms with Gasteiger partial charge in [0.2, 0.25) is 5.91 Å². The van der Waals surface area contributed by atoms with E-state index in [2.05, 4.69) is 26.1 Å². The zero-order valence-corrected chi connectivity index (χ0v) is 10.2. The fraction of sp³-hybridized carbons (Fsp3) is 0.917. The van der Waals surface area contributed by atoms with Gasteiger partial charge in [0.15, 0.2) is 0 Å². The van der Waals surface area contributed by atoms with Gasteiger partial charge in [0.05, 0.1) is 6.10 Å². The van der Waals surface area contributed by atoms with E-state index in [1.807, 2.05) is 0 Å². The molecule has 0 bridgehead atoms. The molecule has 1 aliphatic rings. The number of nitrogens with one attached hydrogen (secondary N) is 1. The number of hydrogen-bond acceptors (Lipinski definition) is 2. The summed E-state index contributed by atoms with van der Waals surface area (Å²) in [4.78, 5) is 11.6. The van der Waals surface area contributed by atoms with Gasteiger partial charge in [-0.2, -0.15) is 0 Å². The first-order valence-corrected chi connectivity index (χ1v) is 5.77. The second kappa shape index (κ2) is 4.52. The predicted molar refractivity (Wildman–Crippen MR) is 60.4 cm³/mol. The highest BCUT2D eigenvalue weighted by atomic mass is 16.3. The maximum Gasteiger partial charge on any atom is 0.223 e. The lowest BCUT2D eigenvalue weighted by atomic mass is 9.87. The third kappa shape index (κ3) is 4.20. The third-order valence-corrected chi connectivity index (χ3v) is 3.04. The van der Waals surface area contributed by atoms with Crippen LogP contribution in [-0.4, -0.2) is 23.7 Å². The lowest BCUT2D eigenvalue weighted by Gasteiger charge is -2.26. The number of rotatable bonds is 5. The second-order valence-electron chi connectivity index (χ2n) is 5.75. The van der Waals surface area contributed by atoms with Crippen LogP contribution in [0.25, 0.3) is 0 Å². The van der Waals surface area contributed by atoms with Crippen LogP contribution < -0.4 is 5.32 Å². The Hall–Kier alpha value is -0.570. The molecule has 1 aliphatic carbocycles. The first-order valence-electron chi connectivity index (χ1n) is 5.77. The molecule has 1 amide bonds. The van der Waals surface area contributed by atoms with Gasteiger partial charge in [-0.15, -0.1) is 0 Å². The van der Waals surface area contributed by atoms with Crippen molar-refractivity contribution in [2.45, 2.75) is 46.6 Å². The van der Waals surface area contributed by atoms with E-state index in [0.717, 1.165) is 6.42 Å². The molecule has 3 heteroatoms. The van der Waals surface area contributed by atoms with E-state index in [1.165, 1.54) is 0 Å². The predicted octanol–water partition coefficient (Wildman–Crippen LogP) is 1.56. The summed E-state index contributed by atoms with van der Waals surface area (Å²) in [6.07, 6.45) is 1.44. The summed E-state index contributed by atoms with van der Waals surface area (Å²) in [6, 6.07) is 0. The first-order chi connectivity index (χ1) is 6.82. The summed E-state index contributed by atoms with van der Waals surface area (Å²) < 4.78 is 0. The molecule has 0 radical (unpaired) electrons. The van der Waals surface area contributed by atoms with Crippen LogP contribution in [0.4, 0.5) is 0 Å². The molecule has 88 valence electrons. The lowest BCUT2D eigenvalue weighted by Crippen LogP contribution is -2.36. The van der Waals surface area contributed by atoms with Gasteiger partial charge in [-0.05, 0) is 31.1 Å². The van der Waals surface area contributed by atoms with Crippen molar-refractivity contribution in [2.75, 3.05) is 6.54 Å². The standard InChI is InChI=1S/C12H23NO2/c1-8-5-10(8)11(15)13-7-12(3,4)6-9(2)14/h8-10,14H,5-7H2,1-4H3,(H,13,15). The number of hydrogen-bond donors (Lipinski definition) is 2. The Kier molecular flexibility index (Phi) is 3.77. The van der Waals surface area contributed by atoms with Crippen molar-refractivity contribution in [3.63, 3.8) is 0 Å². The Morgan fingerprint density at radius 3 is 2.53 bits per heavy atom. The van der Waals surface area contributed by atoms with E-state index in [-0.39, 0.29) is 23.3 Å². The van der Waals surface area contributed by atoms with E-state index >= 15 is 0 Å². The summed E-state index contributed by atoms with van der Waals surface area (Å²) in [6.45, 7) is 8.67. The minimum atomic E-state index is -0.309. The van der Waals surface area contributed by atoms with Gasteiger partial charge in [-0.25, -0.2) is 0 Å². The van der Waals surface area contributed by atoms with Crippen LogP contribution in [0, 0.1) is 17.3 Å². The molecule has 3 atom stereocenters. The van der Waals surface area contributed by atoms with Crippen LogP contribution in [0.3, 0.4) is 0 Å². The van der Waals surface area contributed by atoms with Crippen LogP contribution in [0.5, 0.6) is 0 Å². The average Bonchev–Trinajstić information content (AvgIpc) is 2.76. The quantitative estimate of drug-likeness (QED) is 0.728. The maximum atomic E-state index is 11.6. The van der Waals surface area contributed by atoms with E-state index in [1.54, 1.807) is 6.92 Å². The summed E-state index contributed by atoms with van der Waals surface area (Å²) in [5.74, 6) is 0.985. The number of carbonyl (C=O) groups is 1. The molecule has 0 aromatic carbocycles. The molecular weight excluding hydrogens is 190 g/mol. The number of carbonyl (C=O) groups excluding carboxylic acids is 1. The Balaban J connectivity index is 2.26. The summed E-state index contributed by atoms with van der Waals surface area (Å²) in [5, 5.41) is 12.3. The lowest BCUT2D eigenvalue weighted by molar-refractivity contribution is -0.123. The summed E-state index contributed by atoms with van der Waals surface area (Å²) in [7, 11) is 0. The van der Waals surface area contributed by atoms with Crippen LogP contribution in [-0.2, 0) is 4.79 Å². The van der Waals surface area contributed by atoms with Gasteiger partial charge in [0.1, 0.15) is 0 Å². The van der Waals surface area contributed by atoms with Crippen LogP contribution in [0.1, 0.15) is 40.5 Å². The molecule has 15 heavy (non-hydrogen) atoms. The van der Waals surface area contributed by atoms with Crippen molar-refractivity contribution in [1.82, 2.24) is 5.32 Å². The highest BCUT2D eigenvalue weighted by molar-refractivity contribution is 5.81. The highest BCUT2D eigenvalue weighted by Crippen LogP contribution is 2.37. The fourth-order valence-electron chi connectivity index (χ4n) is 2.02. The first kappa shape index (κ1) is 12.5. The average molecular weight is 213 g/mol. The Morgan fingerprint density at radius 2 is 2.13 bits per heavy atom. The van der Waals surface area contributed by atoms with E-state index in [0.29, 0.717) is 18.9 Å². The van der Waals surface area contributed by atoms with Gasteiger partial charge in [0.25, 0.3) is 0 Å².